The molecule has 3 rings (SSSR count). The Balaban J connectivity index is 1.74. The zero-order valence-corrected chi connectivity index (χ0v) is 14.9. The van der Waals surface area contributed by atoms with Gasteiger partial charge in [-0.2, -0.15) is 4.98 Å². The highest BCUT2D eigenvalue weighted by atomic mass is 16.6. The van der Waals surface area contributed by atoms with Gasteiger partial charge in [-0.15, -0.1) is 0 Å². The molecule has 3 aromatic rings. The first-order valence-corrected chi connectivity index (χ1v) is 7.98. The number of nitro groups is 1. The van der Waals surface area contributed by atoms with Crippen LogP contribution in [0, 0.1) is 10.1 Å². The molecule has 28 heavy (non-hydrogen) atoms. The Bertz CT molecular complexity index is 999. The lowest BCUT2D eigenvalue weighted by Gasteiger charge is -2.05. The first-order valence-electron chi connectivity index (χ1n) is 7.98. The van der Waals surface area contributed by atoms with E-state index in [1.807, 2.05) is 0 Å². The summed E-state index contributed by atoms with van der Waals surface area (Å²) in [4.78, 5) is 26.3. The number of benzene rings is 2. The first kappa shape index (κ1) is 18.8. The summed E-state index contributed by atoms with van der Waals surface area (Å²) in [6, 6.07) is 10.8. The summed E-state index contributed by atoms with van der Waals surface area (Å²) in [7, 11) is 2.75. The van der Waals surface area contributed by atoms with Gasteiger partial charge in [0.1, 0.15) is 5.75 Å². The number of hydrogen-bond acceptors (Lipinski definition) is 9. The minimum absolute atomic E-state index is 0.0400. The SMILES string of the molecule is COC(=O)c1ccc(OCc2nc(-c3ccc(OC)cc3)no2)c([N+](=O)[O-])c1. The molecule has 10 nitrogen and oxygen atoms in total. The van der Waals surface area contributed by atoms with Gasteiger partial charge in [0.15, 0.2) is 12.4 Å². The van der Waals surface area contributed by atoms with Crippen molar-refractivity contribution in [2.45, 2.75) is 6.61 Å². The lowest BCUT2D eigenvalue weighted by Crippen LogP contribution is -2.04. The fourth-order valence-corrected chi connectivity index (χ4v) is 2.34. The average molecular weight is 385 g/mol. The van der Waals surface area contributed by atoms with Crippen LogP contribution in [0.2, 0.25) is 0 Å². The molecule has 0 radical (unpaired) electrons. The molecule has 0 aliphatic rings. The maximum absolute atomic E-state index is 11.5. The number of nitrogens with zero attached hydrogens (tertiary/aromatic N) is 3. The van der Waals surface area contributed by atoms with Crippen molar-refractivity contribution in [3.63, 3.8) is 0 Å². The zero-order valence-electron chi connectivity index (χ0n) is 14.9. The third kappa shape index (κ3) is 4.06. The molecule has 1 heterocycles. The molecule has 2 aromatic carbocycles. The third-order valence-corrected chi connectivity index (χ3v) is 3.74. The summed E-state index contributed by atoms with van der Waals surface area (Å²) in [5.41, 5.74) is 0.378. The normalized spacial score (nSPS) is 10.4. The van der Waals surface area contributed by atoms with Crippen LogP contribution in [0.5, 0.6) is 11.5 Å². The molecular formula is C18H15N3O7. The van der Waals surface area contributed by atoms with E-state index in [0.29, 0.717) is 17.1 Å². The summed E-state index contributed by atoms with van der Waals surface area (Å²) < 4.78 is 20.2. The van der Waals surface area contributed by atoms with E-state index in [-0.39, 0.29) is 29.5 Å². The van der Waals surface area contributed by atoms with Crippen molar-refractivity contribution < 1.29 is 28.5 Å². The molecular weight excluding hydrogens is 370 g/mol. The van der Waals surface area contributed by atoms with Crippen LogP contribution in [0.15, 0.2) is 47.0 Å². The van der Waals surface area contributed by atoms with Crippen molar-refractivity contribution in [2.75, 3.05) is 14.2 Å². The topological polar surface area (TPSA) is 127 Å². The average Bonchev–Trinajstić information content (AvgIpc) is 3.20. The Morgan fingerprint density at radius 2 is 1.93 bits per heavy atom. The van der Waals surface area contributed by atoms with Crippen molar-refractivity contribution in [1.82, 2.24) is 10.1 Å². The van der Waals surface area contributed by atoms with Crippen LogP contribution in [0.25, 0.3) is 11.4 Å². The predicted octanol–water partition coefficient (Wildman–Crippen LogP) is 3.02. The Hall–Kier alpha value is -3.95. The van der Waals surface area contributed by atoms with Crippen LogP contribution in [-0.4, -0.2) is 35.3 Å². The van der Waals surface area contributed by atoms with Crippen molar-refractivity contribution in [2.24, 2.45) is 0 Å². The number of aromatic nitrogens is 2. The van der Waals surface area contributed by atoms with Crippen LogP contribution < -0.4 is 9.47 Å². The Kier molecular flexibility index (Phi) is 5.49. The molecule has 0 bridgehead atoms. The maximum atomic E-state index is 11.5. The highest BCUT2D eigenvalue weighted by molar-refractivity contribution is 5.90. The van der Waals surface area contributed by atoms with E-state index < -0.39 is 10.9 Å². The summed E-state index contributed by atoms with van der Waals surface area (Å²) in [6.45, 7) is -0.179. The predicted molar refractivity (Wildman–Crippen MR) is 95.1 cm³/mol. The van der Waals surface area contributed by atoms with Crippen LogP contribution in [0.1, 0.15) is 16.2 Å². The quantitative estimate of drug-likeness (QED) is 0.342. The van der Waals surface area contributed by atoms with E-state index in [1.165, 1.54) is 19.2 Å². The Labute approximate surface area is 158 Å². The number of nitro benzene ring substituents is 1. The Morgan fingerprint density at radius 3 is 2.57 bits per heavy atom. The van der Waals surface area contributed by atoms with E-state index in [4.69, 9.17) is 14.0 Å². The second kappa shape index (κ2) is 8.16. The summed E-state index contributed by atoms with van der Waals surface area (Å²) in [6.07, 6.45) is 0. The smallest absolute Gasteiger partial charge is 0.338 e. The van der Waals surface area contributed by atoms with E-state index in [9.17, 15) is 14.9 Å². The zero-order chi connectivity index (χ0) is 20.1. The van der Waals surface area contributed by atoms with E-state index in [2.05, 4.69) is 14.9 Å². The van der Waals surface area contributed by atoms with Crippen LogP contribution in [-0.2, 0) is 11.3 Å². The van der Waals surface area contributed by atoms with Gasteiger partial charge in [-0.05, 0) is 36.4 Å². The fraction of sp³-hybridized carbons (Fsp3) is 0.167. The Morgan fingerprint density at radius 1 is 1.18 bits per heavy atom. The molecule has 0 amide bonds. The van der Waals surface area contributed by atoms with Crippen molar-refractivity contribution in [1.29, 1.82) is 0 Å². The fourth-order valence-electron chi connectivity index (χ4n) is 2.34. The standard InChI is InChI=1S/C18H15N3O7/c1-25-13-6-3-11(4-7-13)17-19-16(28-20-17)10-27-15-8-5-12(18(22)26-2)9-14(15)21(23)24/h3-9H,10H2,1-2H3. The minimum atomic E-state index is -0.685. The van der Waals surface area contributed by atoms with Gasteiger partial charge < -0.3 is 18.7 Å². The number of hydrogen-bond donors (Lipinski definition) is 0. The van der Waals surface area contributed by atoms with E-state index in [0.717, 1.165) is 6.07 Å². The summed E-state index contributed by atoms with van der Waals surface area (Å²) >= 11 is 0. The summed E-state index contributed by atoms with van der Waals surface area (Å²) in [5.74, 6) is 0.449. The lowest BCUT2D eigenvalue weighted by molar-refractivity contribution is -0.386. The molecule has 0 saturated heterocycles. The van der Waals surface area contributed by atoms with Gasteiger partial charge in [0.2, 0.25) is 5.82 Å². The van der Waals surface area contributed by atoms with Gasteiger partial charge in [0.05, 0.1) is 24.7 Å². The number of rotatable bonds is 7. The number of esters is 1. The van der Waals surface area contributed by atoms with Gasteiger partial charge in [-0.1, -0.05) is 5.16 Å². The second-order valence-corrected chi connectivity index (χ2v) is 5.46. The highest BCUT2D eigenvalue weighted by Crippen LogP contribution is 2.29. The molecule has 0 atom stereocenters. The molecule has 0 fully saturated rings. The van der Waals surface area contributed by atoms with Crippen molar-refractivity contribution >= 4 is 11.7 Å². The first-order chi connectivity index (χ1) is 13.5. The number of ether oxygens (including phenoxy) is 3. The maximum Gasteiger partial charge on any atom is 0.338 e. The van der Waals surface area contributed by atoms with E-state index in [1.54, 1.807) is 31.4 Å². The summed E-state index contributed by atoms with van der Waals surface area (Å²) in [5, 5.41) is 15.1. The van der Waals surface area contributed by atoms with Gasteiger partial charge in [-0.25, -0.2) is 4.79 Å². The second-order valence-electron chi connectivity index (χ2n) is 5.46. The molecule has 0 saturated carbocycles. The van der Waals surface area contributed by atoms with Gasteiger partial charge in [-0.3, -0.25) is 10.1 Å². The largest absolute Gasteiger partial charge is 0.497 e. The molecule has 1 aromatic heterocycles. The molecule has 10 heteroatoms. The van der Waals surface area contributed by atoms with Crippen molar-refractivity contribution in [3.05, 3.63) is 64.0 Å². The molecule has 0 aliphatic carbocycles. The minimum Gasteiger partial charge on any atom is -0.497 e. The molecule has 144 valence electrons. The number of carbonyl (C=O) groups is 1. The third-order valence-electron chi connectivity index (χ3n) is 3.74. The molecule has 0 aliphatic heterocycles. The van der Waals surface area contributed by atoms with Crippen LogP contribution >= 0.6 is 0 Å². The van der Waals surface area contributed by atoms with Gasteiger partial charge in [0, 0.05) is 11.6 Å². The molecule has 0 unspecified atom stereocenters. The number of carbonyl (C=O) groups excluding carboxylic acids is 1. The van der Waals surface area contributed by atoms with Gasteiger partial charge in [0.25, 0.3) is 5.89 Å². The van der Waals surface area contributed by atoms with Crippen molar-refractivity contribution in [3.8, 4) is 22.9 Å². The lowest BCUT2D eigenvalue weighted by atomic mass is 10.2. The molecule has 0 spiro atoms. The van der Waals surface area contributed by atoms with E-state index >= 15 is 0 Å². The van der Waals surface area contributed by atoms with Gasteiger partial charge >= 0.3 is 11.7 Å². The van der Waals surface area contributed by atoms with Crippen LogP contribution in [0.4, 0.5) is 5.69 Å². The molecule has 0 N–H and O–H groups in total. The monoisotopic (exact) mass is 385 g/mol. The number of methoxy groups -OCH3 is 2. The van der Waals surface area contributed by atoms with Crippen LogP contribution in [0.3, 0.4) is 0 Å². The highest BCUT2D eigenvalue weighted by Gasteiger charge is 2.20.